The van der Waals surface area contributed by atoms with Gasteiger partial charge in [-0.25, -0.2) is 4.39 Å². The fraction of sp³-hybridized carbons (Fsp3) is 0.375. The standard InChI is InChI=1S/C16H18FN3O2/c1-9-6-10(17)7-12-11(9)8-13(19-12)14(21)20-16(15(18)22)4-2-3-5-16/h6-8,19H,2-5H2,1H3,(H2,18,22)(H,20,21). The summed E-state index contributed by atoms with van der Waals surface area (Å²) >= 11 is 0. The van der Waals surface area contributed by atoms with Gasteiger partial charge in [-0.05, 0) is 43.5 Å². The van der Waals surface area contributed by atoms with Gasteiger partial charge in [-0.2, -0.15) is 0 Å². The highest BCUT2D eigenvalue weighted by molar-refractivity contribution is 6.01. The zero-order valence-corrected chi connectivity index (χ0v) is 12.3. The number of aryl methyl sites for hydroxylation is 1. The molecule has 0 unspecified atom stereocenters. The molecule has 0 spiro atoms. The number of hydrogen-bond donors (Lipinski definition) is 3. The molecular weight excluding hydrogens is 285 g/mol. The lowest BCUT2D eigenvalue weighted by Crippen LogP contribution is -2.55. The van der Waals surface area contributed by atoms with Crippen molar-refractivity contribution in [1.29, 1.82) is 0 Å². The summed E-state index contributed by atoms with van der Waals surface area (Å²) in [5.41, 5.74) is 6.11. The molecule has 0 bridgehead atoms. The van der Waals surface area contributed by atoms with Crippen LogP contribution in [0.25, 0.3) is 10.9 Å². The molecule has 0 atom stereocenters. The van der Waals surface area contributed by atoms with Gasteiger partial charge in [0.15, 0.2) is 0 Å². The average Bonchev–Trinajstić information content (AvgIpc) is 3.05. The lowest BCUT2D eigenvalue weighted by molar-refractivity contribution is -0.123. The van der Waals surface area contributed by atoms with E-state index in [4.69, 9.17) is 5.73 Å². The van der Waals surface area contributed by atoms with E-state index in [9.17, 15) is 14.0 Å². The van der Waals surface area contributed by atoms with E-state index in [1.807, 2.05) is 0 Å². The predicted octanol–water partition coefficient (Wildman–Crippen LogP) is 2.14. The van der Waals surface area contributed by atoms with Crippen LogP contribution in [0.2, 0.25) is 0 Å². The van der Waals surface area contributed by atoms with Crippen LogP contribution in [0.15, 0.2) is 18.2 Å². The third-order valence-corrected chi connectivity index (χ3v) is 4.44. The summed E-state index contributed by atoms with van der Waals surface area (Å²) in [7, 11) is 0. The monoisotopic (exact) mass is 303 g/mol. The highest BCUT2D eigenvalue weighted by Crippen LogP contribution is 2.30. The second-order valence-corrected chi connectivity index (χ2v) is 5.97. The van der Waals surface area contributed by atoms with Gasteiger partial charge in [-0.1, -0.05) is 12.8 Å². The summed E-state index contributed by atoms with van der Waals surface area (Å²) in [4.78, 5) is 27.0. The van der Waals surface area contributed by atoms with Gasteiger partial charge >= 0.3 is 0 Å². The van der Waals surface area contributed by atoms with E-state index in [2.05, 4.69) is 10.3 Å². The number of carbonyl (C=O) groups excluding carboxylic acids is 2. The van der Waals surface area contributed by atoms with Crippen molar-refractivity contribution in [3.05, 3.63) is 35.3 Å². The number of aromatic amines is 1. The summed E-state index contributed by atoms with van der Waals surface area (Å²) in [6, 6.07) is 4.43. The molecule has 6 heteroatoms. The topological polar surface area (TPSA) is 88.0 Å². The van der Waals surface area contributed by atoms with Crippen LogP contribution in [0.1, 0.15) is 41.7 Å². The third kappa shape index (κ3) is 2.34. The molecular formula is C16H18FN3O2. The number of nitrogens with two attached hydrogens (primary N) is 1. The summed E-state index contributed by atoms with van der Waals surface area (Å²) in [5, 5.41) is 3.55. The summed E-state index contributed by atoms with van der Waals surface area (Å²) in [5.74, 6) is -1.25. The number of halogens is 1. The number of rotatable bonds is 3. The first-order valence-electron chi connectivity index (χ1n) is 7.33. The second-order valence-electron chi connectivity index (χ2n) is 5.97. The molecule has 2 amide bonds. The molecule has 0 saturated heterocycles. The van der Waals surface area contributed by atoms with Crippen molar-refractivity contribution in [2.24, 2.45) is 5.73 Å². The Labute approximate surface area is 127 Å². The molecule has 1 aliphatic carbocycles. The van der Waals surface area contributed by atoms with Crippen molar-refractivity contribution >= 4 is 22.7 Å². The second kappa shape index (κ2) is 5.12. The van der Waals surface area contributed by atoms with Crippen LogP contribution in [0.5, 0.6) is 0 Å². The van der Waals surface area contributed by atoms with Gasteiger partial charge < -0.3 is 16.0 Å². The van der Waals surface area contributed by atoms with Crippen molar-refractivity contribution < 1.29 is 14.0 Å². The van der Waals surface area contributed by atoms with E-state index < -0.39 is 17.4 Å². The summed E-state index contributed by atoms with van der Waals surface area (Å²) < 4.78 is 13.4. The van der Waals surface area contributed by atoms with Crippen molar-refractivity contribution in [2.45, 2.75) is 38.1 Å². The molecule has 4 N–H and O–H groups in total. The number of H-pyrrole nitrogens is 1. The van der Waals surface area contributed by atoms with Crippen LogP contribution in [-0.2, 0) is 4.79 Å². The molecule has 1 saturated carbocycles. The van der Waals surface area contributed by atoms with Crippen molar-refractivity contribution in [1.82, 2.24) is 10.3 Å². The molecule has 1 aromatic heterocycles. The van der Waals surface area contributed by atoms with E-state index in [1.165, 1.54) is 12.1 Å². The highest BCUT2D eigenvalue weighted by Gasteiger charge is 2.41. The average molecular weight is 303 g/mol. The normalized spacial score (nSPS) is 16.8. The minimum atomic E-state index is -0.964. The number of aromatic nitrogens is 1. The number of hydrogen-bond acceptors (Lipinski definition) is 2. The molecule has 1 aromatic carbocycles. The zero-order chi connectivity index (χ0) is 15.9. The fourth-order valence-corrected chi connectivity index (χ4v) is 3.19. The Kier molecular flexibility index (Phi) is 3.39. The molecule has 1 aliphatic rings. The number of amides is 2. The minimum Gasteiger partial charge on any atom is -0.368 e. The maximum Gasteiger partial charge on any atom is 0.268 e. The van der Waals surface area contributed by atoms with E-state index >= 15 is 0 Å². The third-order valence-electron chi connectivity index (χ3n) is 4.44. The molecule has 3 rings (SSSR count). The van der Waals surface area contributed by atoms with E-state index in [-0.39, 0.29) is 5.82 Å². The Hall–Kier alpha value is -2.37. The van der Waals surface area contributed by atoms with Crippen LogP contribution >= 0.6 is 0 Å². The zero-order valence-electron chi connectivity index (χ0n) is 12.3. The Morgan fingerprint density at radius 2 is 1.95 bits per heavy atom. The molecule has 116 valence electrons. The maximum atomic E-state index is 13.4. The first kappa shape index (κ1) is 14.6. The highest BCUT2D eigenvalue weighted by atomic mass is 19.1. The summed E-state index contributed by atoms with van der Waals surface area (Å²) in [6.07, 6.45) is 2.84. The van der Waals surface area contributed by atoms with Crippen LogP contribution in [-0.4, -0.2) is 22.3 Å². The molecule has 2 aromatic rings. The van der Waals surface area contributed by atoms with Gasteiger partial charge in [-0.3, -0.25) is 9.59 Å². The molecule has 0 aliphatic heterocycles. The fourth-order valence-electron chi connectivity index (χ4n) is 3.19. The lowest BCUT2D eigenvalue weighted by atomic mass is 9.96. The maximum absolute atomic E-state index is 13.4. The molecule has 0 radical (unpaired) electrons. The Morgan fingerprint density at radius 1 is 1.27 bits per heavy atom. The molecule has 1 fully saturated rings. The number of fused-ring (bicyclic) bond motifs is 1. The van der Waals surface area contributed by atoms with Gasteiger partial charge in [0, 0.05) is 10.9 Å². The molecule has 22 heavy (non-hydrogen) atoms. The van der Waals surface area contributed by atoms with E-state index in [1.54, 1.807) is 13.0 Å². The van der Waals surface area contributed by atoms with E-state index in [0.29, 0.717) is 24.1 Å². The number of primary amides is 1. The number of benzene rings is 1. The number of carbonyl (C=O) groups is 2. The van der Waals surface area contributed by atoms with Crippen molar-refractivity contribution in [2.75, 3.05) is 0 Å². The van der Waals surface area contributed by atoms with Crippen LogP contribution in [0.3, 0.4) is 0 Å². The van der Waals surface area contributed by atoms with Gasteiger partial charge in [0.05, 0.1) is 0 Å². The quantitative estimate of drug-likeness (QED) is 0.811. The lowest BCUT2D eigenvalue weighted by Gasteiger charge is -2.26. The first-order valence-corrected chi connectivity index (χ1v) is 7.33. The number of nitrogens with one attached hydrogen (secondary N) is 2. The Balaban J connectivity index is 1.92. The van der Waals surface area contributed by atoms with Crippen LogP contribution < -0.4 is 11.1 Å². The van der Waals surface area contributed by atoms with Crippen molar-refractivity contribution in [3.63, 3.8) is 0 Å². The van der Waals surface area contributed by atoms with Gasteiger partial charge in [0.25, 0.3) is 5.91 Å². The Morgan fingerprint density at radius 3 is 2.59 bits per heavy atom. The van der Waals surface area contributed by atoms with Crippen LogP contribution in [0.4, 0.5) is 4.39 Å². The SMILES string of the molecule is Cc1cc(F)cc2[nH]c(C(=O)NC3(C(N)=O)CCCC3)cc12. The van der Waals surface area contributed by atoms with E-state index in [0.717, 1.165) is 23.8 Å². The van der Waals surface area contributed by atoms with Gasteiger partial charge in [-0.15, -0.1) is 0 Å². The van der Waals surface area contributed by atoms with Crippen LogP contribution in [0, 0.1) is 12.7 Å². The molecule has 5 nitrogen and oxygen atoms in total. The first-order chi connectivity index (χ1) is 10.4. The Bertz CT molecular complexity index is 760. The molecule has 1 heterocycles. The summed E-state index contributed by atoms with van der Waals surface area (Å²) in [6.45, 7) is 1.78. The van der Waals surface area contributed by atoms with Crippen molar-refractivity contribution in [3.8, 4) is 0 Å². The predicted molar refractivity (Wildman–Crippen MR) is 80.9 cm³/mol. The van der Waals surface area contributed by atoms with Gasteiger partial charge in [0.1, 0.15) is 17.1 Å². The minimum absolute atomic E-state index is 0.302. The van der Waals surface area contributed by atoms with Gasteiger partial charge in [0.2, 0.25) is 5.91 Å². The largest absolute Gasteiger partial charge is 0.368 e. The smallest absolute Gasteiger partial charge is 0.268 e.